The van der Waals surface area contributed by atoms with Gasteiger partial charge in [-0.1, -0.05) is 58.1 Å². The third-order valence-corrected chi connectivity index (χ3v) is 4.76. The number of hydrogen-bond donors (Lipinski definition) is 1. The van der Waals surface area contributed by atoms with E-state index in [1.165, 1.54) is 5.56 Å². The van der Waals surface area contributed by atoms with Gasteiger partial charge >= 0.3 is 0 Å². The molecule has 18 heavy (non-hydrogen) atoms. The highest BCUT2D eigenvalue weighted by molar-refractivity contribution is 9.10. The Bertz CT molecular complexity index is 502. The number of hydrogen-bond acceptors (Lipinski definition) is 5. The molecule has 0 saturated carbocycles. The van der Waals surface area contributed by atoms with Gasteiger partial charge in [-0.3, -0.25) is 0 Å². The molecule has 0 fully saturated rings. The predicted molar refractivity (Wildman–Crippen MR) is 82.4 cm³/mol. The molecule has 6 heteroatoms. The van der Waals surface area contributed by atoms with E-state index in [9.17, 15) is 0 Å². The summed E-state index contributed by atoms with van der Waals surface area (Å²) in [6.07, 6.45) is 1.10. The van der Waals surface area contributed by atoms with Gasteiger partial charge in [0.2, 0.25) is 5.13 Å². The normalized spacial score (nSPS) is 10.6. The molecule has 0 aliphatic carbocycles. The van der Waals surface area contributed by atoms with Gasteiger partial charge in [0.25, 0.3) is 0 Å². The summed E-state index contributed by atoms with van der Waals surface area (Å²) < 4.78 is 2.12. The lowest BCUT2D eigenvalue weighted by molar-refractivity contribution is 0.951. The lowest BCUT2D eigenvalue weighted by Gasteiger charge is -1.99. The Labute approximate surface area is 124 Å². The van der Waals surface area contributed by atoms with Crippen LogP contribution in [-0.4, -0.2) is 16.7 Å². The summed E-state index contributed by atoms with van der Waals surface area (Å²) >= 11 is 6.81. The lowest BCUT2D eigenvalue weighted by Crippen LogP contribution is -1.98. The molecule has 1 aromatic carbocycles. The van der Waals surface area contributed by atoms with Crippen LogP contribution in [0.2, 0.25) is 0 Å². The Morgan fingerprint density at radius 3 is 3.06 bits per heavy atom. The zero-order chi connectivity index (χ0) is 12.8. The van der Waals surface area contributed by atoms with Gasteiger partial charge in [0.1, 0.15) is 0 Å². The van der Waals surface area contributed by atoms with Crippen molar-refractivity contribution in [2.24, 2.45) is 0 Å². The number of aromatic nitrogens is 2. The molecule has 0 aliphatic heterocycles. The molecule has 2 aromatic rings. The molecule has 1 heterocycles. The van der Waals surface area contributed by atoms with Crippen LogP contribution in [0.25, 0.3) is 0 Å². The fraction of sp³-hybridized carbons (Fsp3) is 0.333. The second-order valence-corrected chi connectivity index (χ2v) is 6.83. The minimum atomic E-state index is 0.911. The Morgan fingerprint density at radius 2 is 2.28 bits per heavy atom. The zero-order valence-electron chi connectivity index (χ0n) is 10.0. The number of nitrogens with one attached hydrogen (secondary N) is 1. The van der Waals surface area contributed by atoms with Crippen molar-refractivity contribution in [3.63, 3.8) is 0 Å². The van der Waals surface area contributed by atoms with Gasteiger partial charge in [-0.05, 0) is 24.1 Å². The maximum Gasteiger partial charge on any atom is 0.206 e. The van der Waals surface area contributed by atoms with Crippen LogP contribution in [0.4, 0.5) is 5.13 Å². The number of nitrogens with zero attached hydrogens (tertiary/aromatic N) is 2. The number of thioether (sulfide) groups is 1. The topological polar surface area (TPSA) is 37.8 Å². The summed E-state index contributed by atoms with van der Waals surface area (Å²) in [6.45, 7) is 3.09. The number of benzene rings is 1. The Balaban J connectivity index is 1.88. The molecule has 0 spiro atoms. The maximum absolute atomic E-state index is 4.16. The first-order chi connectivity index (χ1) is 8.78. The van der Waals surface area contributed by atoms with Crippen molar-refractivity contribution in [3.05, 3.63) is 34.3 Å². The van der Waals surface area contributed by atoms with Crippen LogP contribution in [0.3, 0.4) is 0 Å². The molecular weight excluding hydrogens is 330 g/mol. The molecule has 0 bridgehead atoms. The average Bonchev–Trinajstić information content (AvgIpc) is 2.82. The van der Waals surface area contributed by atoms with Gasteiger partial charge in [-0.15, -0.1) is 10.2 Å². The SMILES string of the molecule is CCCNc1nnc(SCc2cccc(Br)c2)s1. The molecule has 2 rings (SSSR count). The summed E-state index contributed by atoms with van der Waals surface area (Å²) in [5.74, 6) is 0.919. The smallest absolute Gasteiger partial charge is 0.206 e. The van der Waals surface area contributed by atoms with E-state index in [-0.39, 0.29) is 0 Å². The Kier molecular flexibility index (Phi) is 5.46. The van der Waals surface area contributed by atoms with Gasteiger partial charge in [0.05, 0.1) is 0 Å². The maximum atomic E-state index is 4.16. The van der Waals surface area contributed by atoms with E-state index in [0.717, 1.165) is 32.7 Å². The molecule has 0 radical (unpaired) electrons. The summed E-state index contributed by atoms with van der Waals surface area (Å²) in [4.78, 5) is 0. The van der Waals surface area contributed by atoms with E-state index in [4.69, 9.17) is 0 Å². The first-order valence-corrected chi connectivity index (χ1v) is 8.32. The second-order valence-electron chi connectivity index (χ2n) is 3.72. The van der Waals surface area contributed by atoms with Crippen molar-refractivity contribution in [1.29, 1.82) is 0 Å². The van der Waals surface area contributed by atoms with E-state index < -0.39 is 0 Å². The van der Waals surface area contributed by atoms with E-state index in [0.29, 0.717) is 0 Å². The van der Waals surface area contributed by atoms with Crippen LogP contribution in [0.5, 0.6) is 0 Å². The van der Waals surface area contributed by atoms with Crippen molar-refractivity contribution in [2.45, 2.75) is 23.4 Å². The van der Waals surface area contributed by atoms with Gasteiger partial charge in [-0.2, -0.15) is 0 Å². The van der Waals surface area contributed by atoms with Crippen LogP contribution < -0.4 is 5.32 Å². The van der Waals surface area contributed by atoms with Crippen LogP contribution in [0.15, 0.2) is 33.1 Å². The monoisotopic (exact) mass is 343 g/mol. The van der Waals surface area contributed by atoms with Crippen molar-refractivity contribution >= 4 is 44.2 Å². The summed E-state index contributed by atoms with van der Waals surface area (Å²) in [6, 6.07) is 8.33. The van der Waals surface area contributed by atoms with Crippen LogP contribution in [-0.2, 0) is 5.75 Å². The minimum Gasteiger partial charge on any atom is -0.360 e. The van der Waals surface area contributed by atoms with Crippen molar-refractivity contribution in [1.82, 2.24) is 10.2 Å². The molecular formula is C12H14BrN3S2. The molecule has 3 nitrogen and oxygen atoms in total. The van der Waals surface area contributed by atoms with Crippen molar-refractivity contribution < 1.29 is 0 Å². The molecule has 1 aromatic heterocycles. The van der Waals surface area contributed by atoms with Gasteiger partial charge in [0, 0.05) is 16.8 Å². The molecule has 0 amide bonds. The van der Waals surface area contributed by atoms with Gasteiger partial charge < -0.3 is 5.32 Å². The predicted octanol–water partition coefficient (Wildman–Crippen LogP) is 4.41. The first kappa shape index (κ1) is 13.8. The largest absolute Gasteiger partial charge is 0.360 e. The van der Waals surface area contributed by atoms with Crippen molar-refractivity contribution in [3.8, 4) is 0 Å². The highest BCUT2D eigenvalue weighted by atomic mass is 79.9. The van der Waals surface area contributed by atoms with Crippen LogP contribution in [0.1, 0.15) is 18.9 Å². The summed E-state index contributed by atoms with van der Waals surface area (Å²) in [7, 11) is 0. The zero-order valence-corrected chi connectivity index (χ0v) is 13.2. The molecule has 96 valence electrons. The van der Waals surface area contributed by atoms with Crippen LogP contribution >= 0.6 is 39.0 Å². The third kappa shape index (κ3) is 4.26. The molecule has 0 unspecified atom stereocenters. The van der Waals surface area contributed by atoms with Gasteiger partial charge in [0.15, 0.2) is 4.34 Å². The first-order valence-electron chi connectivity index (χ1n) is 5.72. The fourth-order valence-electron chi connectivity index (χ4n) is 1.34. The summed E-state index contributed by atoms with van der Waals surface area (Å²) in [5.41, 5.74) is 1.28. The average molecular weight is 344 g/mol. The van der Waals surface area contributed by atoms with E-state index in [1.807, 2.05) is 12.1 Å². The number of halogens is 1. The lowest BCUT2D eigenvalue weighted by atomic mass is 10.2. The Hall–Kier alpha value is -0.590. The summed E-state index contributed by atoms with van der Waals surface area (Å²) in [5, 5.41) is 12.4. The van der Waals surface area contributed by atoms with Crippen molar-refractivity contribution in [2.75, 3.05) is 11.9 Å². The molecule has 0 atom stereocenters. The molecule has 0 saturated heterocycles. The van der Waals surface area contributed by atoms with E-state index in [1.54, 1.807) is 23.1 Å². The standard InChI is InChI=1S/C12H14BrN3S2/c1-2-6-14-11-15-16-12(18-11)17-8-9-4-3-5-10(13)7-9/h3-5,7H,2,6,8H2,1H3,(H,14,15). The van der Waals surface area contributed by atoms with Gasteiger partial charge in [-0.25, -0.2) is 0 Å². The Morgan fingerprint density at radius 1 is 1.39 bits per heavy atom. The highest BCUT2D eigenvalue weighted by Crippen LogP contribution is 2.28. The minimum absolute atomic E-state index is 0.911. The number of rotatable bonds is 6. The third-order valence-electron chi connectivity index (χ3n) is 2.18. The highest BCUT2D eigenvalue weighted by Gasteiger charge is 2.04. The van der Waals surface area contributed by atoms with E-state index in [2.05, 4.69) is 50.5 Å². The second kappa shape index (κ2) is 7.11. The number of anilines is 1. The molecule has 0 aliphatic rings. The van der Waals surface area contributed by atoms with Crippen LogP contribution in [0, 0.1) is 0 Å². The fourth-order valence-corrected chi connectivity index (χ4v) is 3.51. The quantitative estimate of drug-likeness (QED) is 0.788. The molecule has 1 N–H and O–H groups in total. The van der Waals surface area contributed by atoms with E-state index >= 15 is 0 Å².